The zero-order valence-corrected chi connectivity index (χ0v) is 41.4. The fraction of sp³-hybridized carbons (Fsp3) is 0.792. The number of carbonyl (C=O) groups excluding carboxylic acids is 4. The number of piperidine rings is 4. The lowest BCUT2D eigenvalue weighted by Gasteiger charge is -2.52. The maximum Gasteiger partial charge on any atom is 0.342 e. The van der Waals surface area contributed by atoms with Gasteiger partial charge in [-0.1, -0.05) is 0 Å². The Labute approximate surface area is 375 Å². The van der Waals surface area contributed by atoms with E-state index >= 15 is 4.39 Å². The predicted molar refractivity (Wildman–Crippen MR) is 237 cm³/mol. The molecule has 356 valence electrons. The van der Waals surface area contributed by atoms with Crippen molar-refractivity contribution >= 4 is 23.9 Å². The molecule has 4 saturated heterocycles. The van der Waals surface area contributed by atoms with Crippen LogP contribution in [0.5, 0.6) is 0 Å². The number of ether oxygens (including phenoxy) is 4. The zero-order chi connectivity index (χ0) is 47.7. The lowest BCUT2D eigenvalue weighted by molar-refractivity contribution is -0.276. The lowest BCUT2D eigenvalue weighted by atomic mass is 9.80. The normalized spacial score (nSPS) is 25.8. The van der Waals surface area contributed by atoms with Gasteiger partial charge in [-0.05, 0) is 117 Å². The van der Waals surface area contributed by atoms with E-state index in [1.165, 1.54) is 0 Å². The molecule has 4 aliphatic rings. The molecule has 0 aliphatic carbocycles. The first-order chi connectivity index (χ1) is 28.5. The van der Waals surface area contributed by atoms with Crippen molar-refractivity contribution in [1.29, 1.82) is 0 Å². The van der Waals surface area contributed by atoms with Crippen LogP contribution in [-0.2, 0) is 28.6 Å². The van der Waals surface area contributed by atoms with Gasteiger partial charge in [0.25, 0.3) is 0 Å². The molecule has 5 rings (SSSR count). The summed E-state index contributed by atoms with van der Waals surface area (Å²) >= 11 is 0. The fourth-order valence-electron chi connectivity index (χ4n) is 12.3. The molecule has 4 heterocycles. The number of nitrogens with zero attached hydrogens (tertiary/aromatic N) is 2. The van der Waals surface area contributed by atoms with Crippen LogP contribution in [0.1, 0.15) is 204 Å². The van der Waals surface area contributed by atoms with Gasteiger partial charge in [-0.15, -0.1) is 0 Å². The Morgan fingerprint density at radius 1 is 0.460 bits per heavy atom. The van der Waals surface area contributed by atoms with Crippen molar-refractivity contribution in [1.82, 2.24) is 20.8 Å². The van der Waals surface area contributed by atoms with E-state index in [-0.39, 0.29) is 0 Å². The molecular formula is C48H77FN4O10. The summed E-state index contributed by atoms with van der Waals surface area (Å²) in [6.07, 6.45) is 0.0837. The van der Waals surface area contributed by atoms with Crippen LogP contribution in [0.3, 0.4) is 0 Å². The molecule has 4 fully saturated rings. The lowest BCUT2D eigenvalue weighted by Crippen LogP contribution is -2.61. The second kappa shape index (κ2) is 17.2. The standard InChI is InChI=1S/C48H77FN4O10/c1-41(2)20-28(21-42(3,4)50-41)60-37(54)32-19-33(38(55)61-30-24-45(9,10)52(58-17)46(11,12)25-30)36(49)35(40(57)62-29-22-43(5,6)51-44(7,8)23-29)34(32)39(56)63-31-26-47(13,14)53(59-18)48(15,16)27-31/h19,28-31,50-51H,20-27H2,1-18H3. The largest absolute Gasteiger partial charge is 0.459 e. The summed E-state index contributed by atoms with van der Waals surface area (Å²) in [5, 5.41) is 10.8. The first-order valence-electron chi connectivity index (χ1n) is 22.5. The Morgan fingerprint density at radius 2 is 0.730 bits per heavy atom. The summed E-state index contributed by atoms with van der Waals surface area (Å²) in [5.41, 5.74) is -6.98. The van der Waals surface area contributed by atoms with E-state index < -0.39 is 121 Å². The van der Waals surface area contributed by atoms with Crippen molar-refractivity contribution in [2.45, 2.75) is 231 Å². The van der Waals surface area contributed by atoms with Crippen LogP contribution in [0.2, 0.25) is 0 Å². The average Bonchev–Trinajstić information content (AvgIpc) is 3.02. The minimum absolute atomic E-state index is 0.315. The molecule has 0 bridgehead atoms. The van der Waals surface area contributed by atoms with Crippen molar-refractivity contribution < 1.29 is 52.2 Å². The topological polar surface area (TPSA) is 154 Å². The van der Waals surface area contributed by atoms with E-state index in [2.05, 4.69) is 10.6 Å². The Balaban J connectivity index is 1.67. The van der Waals surface area contributed by atoms with Gasteiger partial charge < -0.3 is 39.3 Å². The van der Waals surface area contributed by atoms with Crippen molar-refractivity contribution in [3.05, 3.63) is 34.1 Å². The van der Waals surface area contributed by atoms with Gasteiger partial charge in [0, 0.05) is 95.7 Å². The van der Waals surface area contributed by atoms with Crippen LogP contribution in [0.15, 0.2) is 6.07 Å². The molecule has 0 radical (unpaired) electrons. The first-order valence-corrected chi connectivity index (χ1v) is 22.5. The monoisotopic (exact) mass is 889 g/mol. The van der Waals surface area contributed by atoms with Crippen LogP contribution in [0.4, 0.5) is 4.39 Å². The summed E-state index contributed by atoms with van der Waals surface area (Å²) in [7, 11) is 3.17. The molecule has 1 aromatic carbocycles. The molecule has 4 aliphatic heterocycles. The van der Waals surface area contributed by atoms with E-state index in [0.29, 0.717) is 51.4 Å². The Bertz CT molecular complexity index is 1870. The second-order valence-electron chi connectivity index (χ2n) is 23.8. The summed E-state index contributed by atoms with van der Waals surface area (Å²) in [5.74, 6) is -5.81. The van der Waals surface area contributed by atoms with Gasteiger partial charge in [-0.3, -0.25) is 0 Å². The van der Waals surface area contributed by atoms with E-state index in [0.717, 1.165) is 6.07 Å². The van der Waals surface area contributed by atoms with Crippen molar-refractivity contribution in [3.63, 3.8) is 0 Å². The van der Waals surface area contributed by atoms with Gasteiger partial charge >= 0.3 is 23.9 Å². The van der Waals surface area contributed by atoms with E-state index in [1.54, 1.807) is 14.2 Å². The Kier molecular flexibility index (Phi) is 13.9. The van der Waals surface area contributed by atoms with Crippen molar-refractivity contribution in [3.8, 4) is 0 Å². The van der Waals surface area contributed by atoms with Gasteiger partial charge in [-0.2, -0.15) is 10.1 Å². The highest BCUT2D eigenvalue weighted by Gasteiger charge is 2.50. The number of halogens is 1. The number of esters is 4. The number of hydrogen-bond acceptors (Lipinski definition) is 14. The highest BCUT2D eigenvalue weighted by molar-refractivity contribution is 6.12. The van der Waals surface area contributed by atoms with Crippen molar-refractivity contribution in [2.75, 3.05) is 14.2 Å². The molecular weight excluding hydrogens is 812 g/mol. The van der Waals surface area contributed by atoms with Crippen LogP contribution in [0, 0.1) is 5.82 Å². The highest BCUT2D eigenvalue weighted by Crippen LogP contribution is 2.42. The predicted octanol–water partition coefficient (Wildman–Crippen LogP) is 8.24. The maximum absolute atomic E-state index is 17.6. The number of hydroxylamine groups is 4. The third-order valence-electron chi connectivity index (χ3n) is 13.0. The third kappa shape index (κ3) is 11.4. The van der Waals surface area contributed by atoms with Gasteiger partial charge in [-0.25, -0.2) is 23.6 Å². The van der Waals surface area contributed by atoms with Crippen LogP contribution in [0.25, 0.3) is 0 Å². The molecule has 63 heavy (non-hydrogen) atoms. The smallest absolute Gasteiger partial charge is 0.342 e. The number of hydrogen-bond donors (Lipinski definition) is 2. The summed E-state index contributed by atoms with van der Waals surface area (Å²) in [6.45, 7) is 31.5. The molecule has 0 aromatic heterocycles. The SMILES string of the molecule is CON1C(C)(C)CC(OC(=O)c2cc(C(=O)OC3CC(C)(C)NC(C)(C)C3)c(C(=O)OC3CC(C)(C)N(OC)C(C)(C)C3)c(C(=O)OC3CC(C)(C)NC(C)(C)C3)c2F)CC1(C)C. The van der Waals surface area contributed by atoms with Crippen LogP contribution in [-0.4, -0.2) is 117 Å². The minimum Gasteiger partial charge on any atom is -0.459 e. The van der Waals surface area contributed by atoms with E-state index in [9.17, 15) is 19.2 Å². The Morgan fingerprint density at radius 3 is 1.05 bits per heavy atom. The molecule has 0 atom stereocenters. The summed E-state index contributed by atoms with van der Waals surface area (Å²) in [6, 6.07) is 0.976. The molecule has 1 aromatic rings. The molecule has 0 spiro atoms. The molecule has 0 unspecified atom stereocenters. The van der Waals surface area contributed by atoms with Gasteiger partial charge in [0.05, 0.1) is 30.9 Å². The number of rotatable bonds is 10. The zero-order valence-electron chi connectivity index (χ0n) is 41.4. The fourth-order valence-corrected chi connectivity index (χ4v) is 12.3. The minimum atomic E-state index is -1.35. The quantitative estimate of drug-likeness (QED) is 0.171. The highest BCUT2D eigenvalue weighted by atomic mass is 19.1. The number of carbonyl (C=O) groups is 4. The first kappa shape index (κ1) is 50.8. The summed E-state index contributed by atoms with van der Waals surface area (Å²) in [4.78, 5) is 70.3. The third-order valence-corrected chi connectivity index (χ3v) is 13.0. The van der Waals surface area contributed by atoms with E-state index in [1.807, 2.05) is 121 Å². The average molecular weight is 889 g/mol. The number of nitrogens with one attached hydrogen (secondary N) is 2. The van der Waals surface area contributed by atoms with Gasteiger partial charge in [0.1, 0.15) is 30.0 Å². The molecule has 0 amide bonds. The van der Waals surface area contributed by atoms with Gasteiger partial charge in [0.15, 0.2) is 5.82 Å². The van der Waals surface area contributed by atoms with Crippen LogP contribution < -0.4 is 10.6 Å². The van der Waals surface area contributed by atoms with Gasteiger partial charge in [0.2, 0.25) is 0 Å². The van der Waals surface area contributed by atoms with E-state index in [4.69, 9.17) is 28.6 Å². The molecule has 15 heteroatoms. The second-order valence-corrected chi connectivity index (χ2v) is 23.8. The van der Waals surface area contributed by atoms with Crippen molar-refractivity contribution in [2.24, 2.45) is 0 Å². The maximum atomic E-state index is 17.6. The Hall–Kier alpha value is -3.21. The molecule has 0 saturated carbocycles. The number of benzene rings is 1. The molecule has 14 nitrogen and oxygen atoms in total. The molecule has 2 N–H and O–H groups in total. The summed E-state index contributed by atoms with van der Waals surface area (Å²) < 4.78 is 42.2. The van der Waals surface area contributed by atoms with Crippen LogP contribution >= 0.6 is 0 Å².